The normalized spacial score (nSPS) is 10.5. The average Bonchev–Trinajstić information content (AvgIpc) is 2.53. The summed E-state index contributed by atoms with van der Waals surface area (Å²) in [7, 11) is 0. The van der Waals surface area contributed by atoms with Crippen molar-refractivity contribution < 1.29 is 9.53 Å². The van der Waals surface area contributed by atoms with Crippen LogP contribution in [0.2, 0.25) is 0 Å². The number of pyridine rings is 1. The van der Waals surface area contributed by atoms with Gasteiger partial charge in [-0.05, 0) is 17.9 Å². The van der Waals surface area contributed by atoms with Crippen molar-refractivity contribution in [1.82, 2.24) is 4.98 Å². The highest BCUT2D eigenvalue weighted by atomic mass is 16.5. The van der Waals surface area contributed by atoms with E-state index in [9.17, 15) is 4.79 Å². The summed E-state index contributed by atoms with van der Waals surface area (Å²) in [5.41, 5.74) is 2.20. The van der Waals surface area contributed by atoms with Gasteiger partial charge in [0.25, 0.3) is 0 Å². The SMILES string of the molecule is Cc1ncc2ccccc2c1C(=O)OCc1ccccc1. The number of aromatic nitrogens is 1. The van der Waals surface area contributed by atoms with E-state index in [1.807, 2.05) is 61.5 Å². The van der Waals surface area contributed by atoms with E-state index in [2.05, 4.69) is 4.98 Å². The first-order valence-electron chi connectivity index (χ1n) is 6.81. The van der Waals surface area contributed by atoms with Gasteiger partial charge >= 0.3 is 5.97 Å². The molecule has 3 heteroatoms. The Kier molecular flexibility index (Phi) is 3.65. The third-order valence-corrected chi connectivity index (χ3v) is 3.41. The molecule has 1 heterocycles. The lowest BCUT2D eigenvalue weighted by Crippen LogP contribution is -2.09. The van der Waals surface area contributed by atoms with E-state index in [-0.39, 0.29) is 12.6 Å². The van der Waals surface area contributed by atoms with Gasteiger partial charge in [0.1, 0.15) is 6.61 Å². The average molecular weight is 277 g/mol. The Morgan fingerprint density at radius 1 is 1.05 bits per heavy atom. The van der Waals surface area contributed by atoms with E-state index in [4.69, 9.17) is 4.74 Å². The summed E-state index contributed by atoms with van der Waals surface area (Å²) in [6, 6.07) is 17.3. The zero-order valence-corrected chi connectivity index (χ0v) is 11.7. The van der Waals surface area contributed by atoms with Crippen LogP contribution in [0, 0.1) is 6.92 Å². The van der Waals surface area contributed by atoms with Gasteiger partial charge in [-0.25, -0.2) is 4.79 Å². The van der Waals surface area contributed by atoms with E-state index in [1.165, 1.54) is 0 Å². The second kappa shape index (κ2) is 5.75. The highest BCUT2D eigenvalue weighted by Crippen LogP contribution is 2.21. The molecule has 0 saturated heterocycles. The minimum Gasteiger partial charge on any atom is -0.457 e. The maximum atomic E-state index is 12.4. The van der Waals surface area contributed by atoms with Crippen LogP contribution in [-0.4, -0.2) is 11.0 Å². The van der Waals surface area contributed by atoms with Gasteiger partial charge in [-0.1, -0.05) is 54.6 Å². The van der Waals surface area contributed by atoms with Gasteiger partial charge in [-0.2, -0.15) is 0 Å². The van der Waals surface area contributed by atoms with E-state index in [0.29, 0.717) is 11.3 Å². The Labute approximate surface area is 123 Å². The molecule has 0 radical (unpaired) electrons. The highest BCUT2D eigenvalue weighted by Gasteiger charge is 2.15. The molecule has 3 rings (SSSR count). The van der Waals surface area contributed by atoms with E-state index in [0.717, 1.165) is 16.3 Å². The second-order valence-electron chi connectivity index (χ2n) is 4.87. The summed E-state index contributed by atoms with van der Waals surface area (Å²) in [4.78, 5) is 16.7. The minimum absolute atomic E-state index is 0.266. The lowest BCUT2D eigenvalue weighted by molar-refractivity contribution is 0.0473. The maximum Gasteiger partial charge on any atom is 0.340 e. The van der Waals surface area contributed by atoms with E-state index < -0.39 is 0 Å². The molecule has 21 heavy (non-hydrogen) atoms. The second-order valence-corrected chi connectivity index (χ2v) is 4.87. The van der Waals surface area contributed by atoms with Crippen molar-refractivity contribution in [3.63, 3.8) is 0 Å². The number of esters is 1. The quantitative estimate of drug-likeness (QED) is 0.681. The summed E-state index contributed by atoms with van der Waals surface area (Å²) >= 11 is 0. The van der Waals surface area contributed by atoms with Crippen LogP contribution in [-0.2, 0) is 11.3 Å². The van der Waals surface area contributed by atoms with Crippen LogP contribution in [0.5, 0.6) is 0 Å². The van der Waals surface area contributed by atoms with E-state index in [1.54, 1.807) is 6.20 Å². The maximum absolute atomic E-state index is 12.4. The molecule has 0 amide bonds. The topological polar surface area (TPSA) is 39.2 Å². The molecule has 0 bridgehead atoms. The first-order chi connectivity index (χ1) is 10.3. The highest BCUT2D eigenvalue weighted by molar-refractivity contribution is 6.05. The first-order valence-corrected chi connectivity index (χ1v) is 6.81. The van der Waals surface area contributed by atoms with Crippen LogP contribution in [0.3, 0.4) is 0 Å². The predicted octanol–water partition coefficient (Wildman–Crippen LogP) is 3.90. The molecule has 0 unspecified atom stereocenters. The number of aryl methyl sites for hydroxylation is 1. The number of fused-ring (bicyclic) bond motifs is 1. The fourth-order valence-corrected chi connectivity index (χ4v) is 2.32. The monoisotopic (exact) mass is 277 g/mol. The summed E-state index contributed by atoms with van der Waals surface area (Å²) in [5, 5.41) is 1.82. The van der Waals surface area contributed by atoms with Crippen molar-refractivity contribution in [1.29, 1.82) is 0 Å². The van der Waals surface area contributed by atoms with Gasteiger partial charge < -0.3 is 4.74 Å². The number of carbonyl (C=O) groups excluding carboxylic acids is 1. The van der Waals surface area contributed by atoms with Crippen LogP contribution in [0.15, 0.2) is 60.8 Å². The third-order valence-electron chi connectivity index (χ3n) is 3.41. The number of nitrogens with zero attached hydrogens (tertiary/aromatic N) is 1. The third kappa shape index (κ3) is 2.77. The fourth-order valence-electron chi connectivity index (χ4n) is 2.32. The largest absolute Gasteiger partial charge is 0.457 e. The van der Waals surface area contributed by atoms with Crippen molar-refractivity contribution in [3.05, 3.63) is 77.6 Å². The summed E-state index contributed by atoms with van der Waals surface area (Å²) in [6.07, 6.45) is 1.78. The Morgan fingerprint density at radius 3 is 2.57 bits per heavy atom. The molecule has 0 aliphatic rings. The predicted molar refractivity (Wildman–Crippen MR) is 82.0 cm³/mol. The van der Waals surface area contributed by atoms with Crippen LogP contribution in [0.1, 0.15) is 21.6 Å². The van der Waals surface area contributed by atoms with Crippen LogP contribution in [0.4, 0.5) is 0 Å². The van der Waals surface area contributed by atoms with Crippen LogP contribution in [0.25, 0.3) is 10.8 Å². The fraction of sp³-hybridized carbons (Fsp3) is 0.111. The first kappa shape index (κ1) is 13.3. The number of rotatable bonds is 3. The molecule has 0 N–H and O–H groups in total. The number of benzene rings is 2. The van der Waals surface area contributed by atoms with Crippen LogP contribution < -0.4 is 0 Å². The van der Waals surface area contributed by atoms with Gasteiger partial charge in [0.05, 0.1) is 11.3 Å². The molecule has 0 aliphatic carbocycles. The summed E-state index contributed by atoms with van der Waals surface area (Å²) in [6.45, 7) is 2.09. The molecule has 2 aromatic carbocycles. The number of ether oxygens (including phenoxy) is 1. The van der Waals surface area contributed by atoms with E-state index >= 15 is 0 Å². The molecular weight excluding hydrogens is 262 g/mol. The minimum atomic E-state index is -0.333. The molecule has 0 fully saturated rings. The summed E-state index contributed by atoms with van der Waals surface area (Å²) in [5.74, 6) is -0.333. The molecule has 0 atom stereocenters. The van der Waals surface area contributed by atoms with Gasteiger partial charge in [0.15, 0.2) is 0 Å². The van der Waals surface area contributed by atoms with Crippen molar-refractivity contribution in [2.45, 2.75) is 13.5 Å². The molecule has 3 aromatic rings. The van der Waals surface area contributed by atoms with Crippen LogP contribution >= 0.6 is 0 Å². The zero-order valence-electron chi connectivity index (χ0n) is 11.7. The molecule has 104 valence electrons. The van der Waals surface area contributed by atoms with Gasteiger partial charge in [0.2, 0.25) is 0 Å². The molecular formula is C18H15NO2. The molecule has 0 saturated carbocycles. The molecule has 0 spiro atoms. The Bertz CT molecular complexity index is 782. The van der Waals surface area contributed by atoms with Crippen molar-refractivity contribution in [2.75, 3.05) is 0 Å². The van der Waals surface area contributed by atoms with Gasteiger partial charge in [0, 0.05) is 11.6 Å². The number of hydrogen-bond acceptors (Lipinski definition) is 3. The van der Waals surface area contributed by atoms with Gasteiger partial charge in [-0.3, -0.25) is 4.98 Å². The Balaban J connectivity index is 1.89. The zero-order chi connectivity index (χ0) is 14.7. The Morgan fingerprint density at radius 2 is 1.76 bits per heavy atom. The number of hydrogen-bond donors (Lipinski definition) is 0. The number of carbonyl (C=O) groups is 1. The molecule has 1 aromatic heterocycles. The smallest absolute Gasteiger partial charge is 0.340 e. The van der Waals surface area contributed by atoms with Crippen molar-refractivity contribution in [2.24, 2.45) is 0 Å². The van der Waals surface area contributed by atoms with Crippen molar-refractivity contribution >= 4 is 16.7 Å². The summed E-state index contributed by atoms with van der Waals surface area (Å²) < 4.78 is 5.42. The van der Waals surface area contributed by atoms with Gasteiger partial charge in [-0.15, -0.1) is 0 Å². The molecule has 3 nitrogen and oxygen atoms in total. The lowest BCUT2D eigenvalue weighted by atomic mass is 10.1. The molecule has 0 aliphatic heterocycles. The Hall–Kier alpha value is -2.68. The van der Waals surface area contributed by atoms with Crippen molar-refractivity contribution in [3.8, 4) is 0 Å². The lowest BCUT2D eigenvalue weighted by Gasteiger charge is -2.09. The standard InChI is InChI=1S/C18H15NO2/c1-13-17(16-10-6-5-9-15(16)11-19-13)18(20)21-12-14-7-3-2-4-8-14/h2-11H,12H2,1H3.